The van der Waals surface area contributed by atoms with Gasteiger partial charge in [-0.25, -0.2) is 0 Å². The zero-order valence-electron chi connectivity index (χ0n) is 20.4. The summed E-state index contributed by atoms with van der Waals surface area (Å²) in [6, 6.07) is 9.05. The summed E-state index contributed by atoms with van der Waals surface area (Å²) in [6.45, 7) is 6.28. The first-order valence-electron chi connectivity index (χ1n) is 11.8. The molecule has 1 N–H and O–H groups in total. The van der Waals surface area contributed by atoms with Gasteiger partial charge in [0.25, 0.3) is 0 Å². The van der Waals surface area contributed by atoms with E-state index in [1.54, 1.807) is 17.8 Å². The Morgan fingerprint density at radius 3 is 2.57 bits per heavy atom. The Balaban J connectivity index is 0.000000521. The molecule has 2 aromatic heterocycles. The zero-order valence-corrected chi connectivity index (χ0v) is 22.0. The van der Waals surface area contributed by atoms with Crippen LogP contribution in [-0.2, 0) is 18.4 Å². The highest BCUT2D eigenvalue weighted by atomic mass is 35.5. The second-order valence-corrected chi connectivity index (χ2v) is 9.95. The molecule has 3 aromatic rings. The first-order chi connectivity index (χ1) is 17.0. The monoisotopic (exact) mass is 508 g/mol. The van der Waals surface area contributed by atoms with Gasteiger partial charge in [0.15, 0.2) is 0 Å². The van der Waals surface area contributed by atoms with Crippen LogP contribution in [0.25, 0.3) is 22.2 Å². The van der Waals surface area contributed by atoms with Crippen molar-refractivity contribution in [1.82, 2.24) is 9.13 Å². The maximum atomic E-state index is 11.5. The van der Waals surface area contributed by atoms with Crippen LogP contribution in [0.5, 0.6) is 0 Å². The van der Waals surface area contributed by atoms with Crippen molar-refractivity contribution in [2.24, 2.45) is 7.05 Å². The number of hydrogen-bond acceptors (Lipinski definition) is 2. The standard InChI is InChI=1S/C24H26N2O2S.C3H5Cl.C2H2/c1-3-11-29-24-22-18(19-5-4-9-25(19)2)12-17(15-6-7-15)13-20(22)26-10-8-16(23(24)26)14-21(27)28;1-2-3-4;1-2/h3-5,9,11-13,15-16H,6-8,10,14H2,1-2H3,(H,27,28);2H,1,3H2;1-2H/b11-3+;;. The molecule has 1 unspecified atom stereocenters. The number of allylic oxidation sites excluding steroid dienone is 2. The zero-order chi connectivity index (χ0) is 25.5. The topological polar surface area (TPSA) is 47.2 Å². The lowest BCUT2D eigenvalue weighted by Crippen LogP contribution is -2.04. The lowest BCUT2D eigenvalue weighted by Gasteiger charge is -2.12. The fourth-order valence-electron chi connectivity index (χ4n) is 4.81. The minimum absolute atomic E-state index is 0.0818. The molecule has 0 radical (unpaired) electrons. The number of aliphatic carboxylic acids is 1. The Morgan fingerprint density at radius 2 is 2.03 bits per heavy atom. The number of rotatable bonds is 7. The normalized spacial score (nSPS) is 16.3. The number of alkyl halides is 1. The molecule has 0 bridgehead atoms. The number of carboxylic acids is 1. The van der Waals surface area contributed by atoms with Crippen LogP contribution in [0.2, 0.25) is 0 Å². The smallest absolute Gasteiger partial charge is 0.304 e. The number of terminal acetylenes is 1. The molecule has 0 spiro atoms. The molecule has 1 aliphatic carbocycles. The third-order valence-electron chi connectivity index (χ3n) is 6.39. The molecule has 1 saturated carbocycles. The van der Waals surface area contributed by atoms with Crippen LogP contribution in [0, 0.1) is 12.8 Å². The van der Waals surface area contributed by atoms with Gasteiger partial charge in [0.1, 0.15) is 0 Å². The highest BCUT2D eigenvalue weighted by Crippen LogP contribution is 2.50. The third kappa shape index (κ3) is 5.72. The summed E-state index contributed by atoms with van der Waals surface area (Å²) in [5.41, 5.74) is 6.42. The summed E-state index contributed by atoms with van der Waals surface area (Å²) in [5.74, 6) is 0.600. The Labute approximate surface area is 217 Å². The van der Waals surface area contributed by atoms with Gasteiger partial charge in [-0.2, -0.15) is 0 Å². The largest absolute Gasteiger partial charge is 0.481 e. The van der Waals surface area contributed by atoms with E-state index < -0.39 is 5.97 Å². The van der Waals surface area contributed by atoms with E-state index in [1.165, 1.54) is 51.2 Å². The number of aryl methyl sites for hydroxylation is 2. The number of hydrogen-bond donors (Lipinski definition) is 1. The minimum atomic E-state index is -0.711. The van der Waals surface area contributed by atoms with Crippen molar-refractivity contribution < 1.29 is 9.90 Å². The Morgan fingerprint density at radius 1 is 1.31 bits per heavy atom. The highest BCUT2D eigenvalue weighted by Gasteiger charge is 2.34. The average Bonchev–Trinajstić information content (AvgIpc) is 3.39. The number of fused-ring (bicyclic) bond motifs is 3. The van der Waals surface area contributed by atoms with Gasteiger partial charge in [0.05, 0.1) is 11.9 Å². The fraction of sp³-hybridized carbons (Fsp3) is 0.345. The summed E-state index contributed by atoms with van der Waals surface area (Å²) < 4.78 is 4.60. The van der Waals surface area contributed by atoms with Crippen LogP contribution in [0.4, 0.5) is 0 Å². The van der Waals surface area contributed by atoms with E-state index in [-0.39, 0.29) is 12.3 Å². The lowest BCUT2D eigenvalue weighted by molar-refractivity contribution is -0.137. The molecule has 1 aromatic carbocycles. The van der Waals surface area contributed by atoms with E-state index in [9.17, 15) is 9.90 Å². The van der Waals surface area contributed by atoms with Gasteiger partial charge in [-0.1, -0.05) is 23.9 Å². The van der Waals surface area contributed by atoms with Crippen LogP contribution in [0.15, 0.2) is 59.5 Å². The van der Waals surface area contributed by atoms with Crippen molar-refractivity contribution in [1.29, 1.82) is 0 Å². The first kappa shape index (κ1) is 26.8. The third-order valence-corrected chi connectivity index (χ3v) is 7.67. The molecule has 1 atom stereocenters. The summed E-state index contributed by atoms with van der Waals surface area (Å²) in [7, 11) is 2.10. The predicted molar refractivity (Wildman–Crippen MR) is 149 cm³/mol. The van der Waals surface area contributed by atoms with Gasteiger partial charge in [-0.05, 0) is 67.3 Å². The maximum Gasteiger partial charge on any atom is 0.304 e. The van der Waals surface area contributed by atoms with Gasteiger partial charge >= 0.3 is 5.97 Å². The van der Waals surface area contributed by atoms with Gasteiger partial charge in [0.2, 0.25) is 0 Å². The molecule has 3 heterocycles. The number of thioether (sulfide) groups is 1. The Bertz CT molecular complexity index is 1250. The van der Waals surface area contributed by atoms with E-state index in [4.69, 9.17) is 11.6 Å². The molecule has 1 aliphatic heterocycles. The van der Waals surface area contributed by atoms with E-state index in [1.807, 2.05) is 6.92 Å². The number of benzene rings is 1. The summed E-state index contributed by atoms with van der Waals surface area (Å²) in [4.78, 5) is 12.8. The molecule has 4 nitrogen and oxygen atoms in total. The van der Waals surface area contributed by atoms with E-state index >= 15 is 0 Å². The molecule has 184 valence electrons. The van der Waals surface area contributed by atoms with Crippen molar-refractivity contribution in [3.05, 3.63) is 65.9 Å². The molecule has 0 amide bonds. The Kier molecular flexibility index (Phi) is 9.37. The van der Waals surface area contributed by atoms with Crippen LogP contribution in [0.1, 0.15) is 55.7 Å². The summed E-state index contributed by atoms with van der Waals surface area (Å²) in [5, 5.41) is 12.9. The number of aromatic nitrogens is 2. The quantitative estimate of drug-likeness (QED) is 0.153. The molecular formula is C29H33ClN2O2S. The van der Waals surface area contributed by atoms with E-state index in [0.29, 0.717) is 11.8 Å². The first-order valence-corrected chi connectivity index (χ1v) is 13.2. The van der Waals surface area contributed by atoms with Crippen molar-refractivity contribution in [2.45, 2.75) is 55.9 Å². The number of carbonyl (C=O) groups is 1. The van der Waals surface area contributed by atoms with Crippen molar-refractivity contribution in [3.63, 3.8) is 0 Å². The van der Waals surface area contributed by atoms with Gasteiger partial charge in [0, 0.05) is 58.8 Å². The molecule has 5 rings (SSSR count). The van der Waals surface area contributed by atoms with Crippen LogP contribution in [0.3, 0.4) is 0 Å². The van der Waals surface area contributed by atoms with Crippen molar-refractivity contribution in [2.75, 3.05) is 5.88 Å². The second-order valence-electron chi connectivity index (χ2n) is 8.72. The maximum absolute atomic E-state index is 11.5. The summed E-state index contributed by atoms with van der Waals surface area (Å²) >= 11 is 6.80. The summed E-state index contributed by atoms with van der Waals surface area (Å²) in [6.07, 6.45) is 17.5. The lowest BCUT2D eigenvalue weighted by atomic mass is 9.97. The highest BCUT2D eigenvalue weighted by molar-refractivity contribution is 8.02. The molecule has 0 saturated heterocycles. The average molecular weight is 509 g/mol. The number of carboxylic acid groups (broad SMARTS) is 1. The van der Waals surface area contributed by atoms with Gasteiger partial charge in [-0.15, -0.1) is 31.0 Å². The SMILES string of the molecule is C#C.C/C=C/Sc1c2n(c3cc(C4CC4)cc(-c4cccn4C)c13)CCC2CC(=O)O.C=CCCl. The fourth-order valence-corrected chi connectivity index (χ4v) is 5.81. The molecule has 35 heavy (non-hydrogen) atoms. The van der Waals surface area contributed by atoms with Gasteiger partial charge < -0.3 is 14.2 Å². The minimum Gasteiger partial charge on any atom is -0.481 e. The Hall–Kier alpha value is -2.81. The van der Waals surface area contributed by atoms with E-state index in [2.05, 4.69) is 77.6 Å². The van der Waals surface area contributed by atoms with E-state index in [0.717, 1.165) is 13.0 Å². The molecule has 2 aliphatic rings. The van der Waals surface area contributed by atoms with Crippen molar-refractivity contribution >= 4 is 40.2 Å². The number of halogens is 1. The van der Waals surface area contributed by atoms with Crippen LogP contribution < -0.4 is 0 Å². The van der Waals surface area contributed by atoms with Crippen LogP contribution in [-0.4, -0.2) is 26.1 Å². The number of nitrogens with zero attached hydrogens (tertiary/aromatic N) is 2. The van der Waals surface area contributed by atoms with Crippen LogP contribution >= 0.6 is 23.4 Å². The van der Waals surface area contributed by atoms with Crippen molar-refractivity contribution in [3.8, 4) is 24.1 Å². The molecule has 6 heteroatoms. The molecule has 1 fully saturated rings. The predicted octanol–water partition coefficient (Wildman–Crippen LogP) is 7.77. The second kappa shape index (κ2) is 12.2. The molecular weight excluding hydrogens is 476 g/mol. The van der Waals surface area contributed by atoms with Gasteiger partial charge in [-0.3, -0.25) is 4.79 Å².